The molecule has 2 heteroatoms. The lowest BCUT2D eigenvalue weighted by Gasteiger charge is -2.05. The number of aromatic hydroxyl groups is 1. The summed E-state index contributed by atoms with van der Waals surface area (Å²) in [5.41, 5.74) is 3.40. The molecule has 0 radical (unpaired) electrons. The van der Waals surface area contributed by atoms with Gasteiger partial charge in [-0.05, 0) is 60.7 Å². The second-order valence-corrected chi connectivity index (χ2v) is 3.69. The van der Waals surface area contributed by atoms with Crippen molar-refractivity contribution in [3.63, 3.8) is 0 Å². The van der Waals surface area contributed by atoms with E-state index in [0.717, 1.165) is 35.0 Å². The molecular formula is C13H16O2. The van der Waals surface area contributed by atoms with Crippen molar-refractivity contribution in [1.29, 1.82) is 0 Å². The first-order valence-corrected chi connectivity index (χ1v) is 5.04. The van der Waals surface area contributed by atoms with E-state index in [0.29, 0.717) is 5.75 Å². The van der Waals surface area contributed by atoms with Crippen LogP contribution in [0.2, 0.25) is 0 Å². The molecule has 0 heterocycles. The van der Waals surface area contributed by atoms with Crippen LogP contribution in [0, 0.1) is 13.8 Å². The molecule has 0 aromatic heterocycles. The van der Waals surface area contributed by atoms with Gasteiger partial charge < -0.3 is 5.11 Å². The Bertz CT molecular complexity index is 380. The van der Waals surface area contributed by atoms with Crippen LogP contribution in [0.1, 0.15) is 30.0 Å². The highest BCUT2D eigenvalue weighted by Crippen LogP contribution is 2.24. The molecule has 0 saturated heterocycles. The molecule has 0 aliphatic heterocycles. The summed E-state index contributed by atoms with van der Waals surface area (Å²) >= 11 is 0. The van der Waals surface area contributed by atoms with Gasteiger partial charge in [-0.15, -0.1) is 0 Å². The zero-order chi connectivity index (χ0) is 11.4. The van der Waals surface area contributed by atoms with Gasteiger partial charge in [0.15, 0.2) is 0 Å². The van der Waals surface area contributed by atoms with Gasteiger partial charge in [-0.1, -0.05) is 6.92 Å². The van der Waals surface area contributed by atoms with Gasteiger partial charge in [0.25, 0.3) is 0 Å². The van der Waals surface area contributed by atoms with Crippen molar-refractivity contribution in [2.75, 3.05) is 0 Å². The van der Waals surface area contributed by atoms with Gasteiger partial charge in [0.1, 0.15) is 12.0 Å². The van der Waals surface area contributed by atoms with Gasteiger partial charge in [-0.2, -0.15) is 0 Å². The first-order valence-electron chi connectivity index (χ1n) is 5.04. The molecule has 0 amide bonds. The summed E-state index contributed by atoms with van der Waals surface area (Å²) < 4.78 is 0. The molecule has 0 bridgehead atoms. The van der Waals surface area contributed by atoms with E-state index in [-0.39, 0.29) is 0 Å². The highest BCUT2D eigenvalue weighted by molar-refractivity contribution is 5.81. The Morgan fingerprint density at radius 1 is 1.33 bits per heavy atom. The van der Waals surface area contributed by atoms with E-state index in [1.54, 1.807) is 0 Å². The van der Waals surface area contributed by atoms with Crippen molar-refractivity contribution in [3.05, 3.63) is 34.4 Å². The Hall–Kier alpha value is -1.57. The molecule has 1 N–H and O–H groups in total. The quantitative estimate of drug-likeness (QED) is 0.607. The Morgan fingerprint density at radius 3 is 2.27 bits per heavy atom. The molecule has 1 aromatic rings. The lowest BCUT2D eigenvalue weighted by molar-refractivity contribution is -0.104. The minimum Gasteiger partial charge on any atom is -0.507 e. The maximum atomic E-state index is 10.7. The minimum absolute atomic E-state index is 0.330. The summed E-state index contributed by atoms with van der Waals surface area (Å²) in [4.78, 5) is 10.7. The third-order valence-electron chi connectivity index (χ3n) is 2.43. The van der Waals surface area contributed by atoms with Crippen LogP contribution in [-0.2, 0) is 4.79 Å². The summed E-state index contributed by atoms with van der Waals surface area (Å²) in [5.74, 6) is 0.330. The van der Waals surface area contributed by atoms with Crippen molar-refractivity contribution in [1.82, 2.24) is 0 Å². The molecule has 0 aliphatic rings. The Balaban J connectivity index is 3.17. The molecule has 0 unspecified atom stereocenters. The van der Waals surface area contributed by atoms with Crippen LogP contribution in [0.3, 0.4) is 0 Å². The van der Waals surface area contributed by atoms with Crippen LogP contribution in [-0.4, -0.2) is 11.4 Å². The van der Waals surface area contributed by atoms with E-state index in [4.69, 9.17) is 0 Å². The second kappa shape index (κ2) is 4.78. The molecule has 0 fully saturated rings. The van der Waals surface area contributed by atoms with Crippen LogP contribution in [0.25, 0.3) is 6.08 Å². The smallest absolute Gasteiger partial charge is 0.146 e. The van der Waals surface area contributed by atoms with Gasteiger partial charge >= 0.3 is 0 Å². The zero-order valence-corrected chi connectivity index (χ0v) is 9.37. The average molecular weight is 204 g/mol. The third-order valence-corrected chi connectivity index (χ3v) is 2.43. The van der Waals surface area contributed by atoms with E-state index >= 15 is 0 Å². The number of benzene rings is 1. The van der Waals surface area contributed by atoms with Crippen molar-refractivity contribution in [2.45, 2.75) is 27.2 Å². The largest absolute Gasteiger partial charge is 0.507 e. The molecule has 0 spiro atoms. The predicted molar refractivity (Wildman–Crippen MR) is 61.9 cm³/mol. The van der Waals surface area contributed by atoms with Gasteiger partial charge in [0.2, 0.25) is 0 Å². The second-order valence-electron chi connectivity index (χ2n) is 3.69. The number of phenolic OH excluding ortho intramolecular Hbond substituents is 1. The molecule has 1 aromatic carbocycles. The Kier molecular flexibility index (Phi) is 3.67. The number of hydrogen-bond donors (Lipinski definition) is 1. The molecular weight excluding hydrogens is 188 g/mol. The monoisotopic (exact) mass is 204 g/mol. The third kappa shape index (κ3) is 2.69. The van der Waals surface area contributed by atoms with Gasteiger partial charge in [0.05, 0.1) is 0 Å². The maximum absolute atomic E-state index is 10.7. The lowest BCUT2D eigenvalue weighted by atomic mass is 10.0. The maximum Gasteiger partial charge on any atom is 0.146 e. The first kappa shape index (κ1) is 11.5. The van der Waals surface area contributed by atoms with Crippen molar-refractivity contribution in [2.24, 2.45) is 0 Å². The number of carbonyl (C=O) groups excluding carboxylic acids is 1. The minimum atomic E-state index is 0.330. The van der Waals surface area contributed by atoms with Crippen LogP contribution in [0.5, 0.6) is 5.75 Å². The molecule has 1 rings (SSSR count). The molecule has 0 atom stereocenters. The van der Waals surface area contributed by atoms with Crippen LogP contribution in [0.4, 0.5) is 0 Å². The molecule has 0 saturated carbocycles. The molecule has 0 aliphatic carbocycles. The van der Waals surface area contributed by atoms with Crippen LogP contribution >= 0.6 is 0 Å². The first-order chi connectivity index (χ1) is 7.08. The fourth-order valence-electron chi connectivity index (χ4n) is 1.51. The number of allylic oxidation sites excluding steroid dienone is 1. The van der Waals surface area contributed by atoms with Crippen molar-refractivity contribution >= 4 is 12.4 Å². The average Bonchev–Trinajstić information content (AvgIpc) is 2.22. The number of hydrogen-bond acceptors (Lipinski definition) is 2. The van der Waals surface area contributed by atoms with E-state index < -0.39 is 0 Å². The van der Waals surface area contributed by atoms with E-state index in [1.807, 2.05) is 39.0 Å². The summed E-state index contributed by atoms with van der Waals surface area (Å²) in [6.07, 6.45) is 3.45. The number of aryl methyl sites for hydroxylation is 2. The summed E-state index contributed by atoms with van der Waals surface area (Å²) in [7, 11) is 0. The van der Waals surface area contributed by atoms with E-state index in [1.165, 1.54) is 0 Å². The van der Waals surface area contributed by atoms with E-state index in [9.17, 15) is 9.90 Å². The fraction of sp³-hybridized carbons (Fsp3) is 0.308. The van der Waals surface area contributed by atoms with E-state index in [2.05, 4.69) is 0 Å². The number of aldehydes is 1. The number of carbonyl (C=O) groups is 1. The van der Waals surface area contributed by atoms with Gasteiger partial charge in [-0.3, -0.25) is 4.79 Å². The zero-order valence-electron chi connectivity index (χ0n) is 9.37. The van der Waals surface area contributed by atoms with Crippen molar-refractivity contribution < 1.29 is 9.90 Å². The molecule has 2 nitrogen and oxygen atoms in total. The summed E-state index contributed by atoms with van der Waals surface area (Å²) in [6, 6.07) is 3.75. The highest BCUT2D eigenvalue weighted by atomic mass is 16.3. The fourth-order valence-corrected chi connectivity index (χ4v) is 1.51. The van der Waals surface area contributed by atoms with Crippen molar-refractivity contribution in [3.8, 4) is 5.75 Å². The van der Waals surface area contributed by atoms with Gasteiger partial charge in [0, 0.05) is 0 Å². The highest BCUT2D eigenvalue weighted by Gasteiger charge is 2.02. The predicted octanol–water partition coefficient (Wildman–Crippen LogP) is 3.00. The van der Waals surface area contributed by atoms with Crippen LogP contribution in [0.15, 0.2) is 17.7 Å². The van der Waals surface area contributed by atoms with Crippen LogP contribution < -0.4 is 0 Å². The SMILES string of the molecule is CC/C(C=O)=C/c1cc(C)c(O)c(C)c1. The lowest BCUT2D eigenvalue weighted by Crippen LogP contribution is -1.86. The number of rotatable bonds is 3. The topological polar surface area (TPSA) is 37.3 Å². The molecule has 15 heavy (non-hydrogen) atoms. The summed E-state index contributed by atoms with van der Waals surface area (Å²) in [5, 5.41) is 9.59. The Morgan fingerprint density at radius 2 is 1.87 bits per heavy atom. The standard InChI is InChI=1S/C13H16O2/c1-4-11(8-14)7-12-5-9(2)13(15)10(3)6-12/h5-8,15H,4H2,1-3H3/b11-7-. The Labute approximate surface area is 90.3 Å². The van der Waals surface area contributed by atoms with Gasteiger partial charge in [-0.25, -0.2) is 0 Å². The normalized spacial score (nSPS) is 11.5. The summed E-state index contributed by atoms with van der Waals surface area (Å²) in [6.45, 7) is 5.65. The molecule has 80 valence electrons. The number of phenols is 1.